The number of fused-ring (bicyclic) bond motifs is 1. The van der Waals surface area contributed by atoms with E-state index in [1.54, 1.807) is 12.0 Å². The second-order valence-corrected chi connectivity index (χ2v) is 9.34. The van der Waals surface area contributed by atoms with Gasteiger partial charge in [0.2, 0.25) is 5.91 Å². The first-order chi connectivity index (χ1) is 17.2. The lowest BCUT2D eigenvalue weighted by Gasteiger charge is -2.42. The summed E-state index contributed by atoms with van der Waals surface area (Å²) >= 11 is 1.54. The molecule has 3 aromatic carbocycles. The molecule has 2 aliphatic heterocycles. The Labute approximate surface area is 209 Å². The van der Waals surface area contributed by atoms with Crippen molar-refractivity contribution >= 4 is 23.4 Å². The molecule has 0 N–H and O–H groups in total. The van der Waals surface area contributed by atoms with E-state index >= 15 is 0 Å². The van der Waals surface area contributed by atoms with E-state index in [4.69, 9.17) is 9.47 Å². The number of thioether (sulfide) groups is 1. The van der Waals surface area contributed by atoms with Gasteiger partial charge in [-0.1, -0.05) is 54.2 Å². The van der Waals surface area contributed by atoms with Crippen LogP contribution in [0.3, 0.4) is 0 Å². The number of benzene rings is 3. The first-order valence-electron chi connectivity index (χ1n) is 11.4. The smallest absolute Gasteiger partial charge is 0.229 e. The molecule has 2 heterocycles. The number of allylic oxidation sites excluding steroid dienone is 1. The van der Waals surface area contributed by atoms with Crippen LogP contribution in [-0.2, 0) is 11.4 Å². The lowest BCUT2D eigenvalue weighted by atomic mass is 9.86. The summed E-state index contributed by atoms with van der Waals surface area (Å²) in [5, 5.41) is 10.8. The molecule has 35 heavy (non-hydrogen) atoms. The van der Waals surface area contributed by atoms with E-state index in [0.717, 1.165) is 33.3 Å². The average Bonchev–Trinajstić information content (AvgIpc) is 2.92. The van der Waals surface area contributed by atoms with E-state index in [1.165, 1.54) is 11.8 Å². The van der Waals surface area contributed by atoms with Crippen molar-refractivity contribution in [1.82, 2.24) is 4.90 Å². The molecule has 5 rings (SSSR count). The summed E-state index contributed by atoms with van der Waals surface area (Å²) in [6.07, 6.45) is 0.271. The molecular formula is C28H25N3O3S. The van der Waals surface area contributed by atoms with Crippen LogP contribution in [0.4, 0.5) is 5.69 Å². The quantitative estimate of drug-likeness (QED) is 0.462. The topological polar surface area (TPSA) is 65.8 Å². The van der Waals surface area contributed by atoms with Crippen LogP contribution in [0.2, 0.25) is 0 Å². The fourth-order valence-electron chi connectivity index (χ4n) is 4.34. The molecule has 1 atom stereocenters. The van der Waals surface area contributed by atoms with Gasteiger partial charge < -0.3 is 14.4 Å². The molecule has 6 nitrogen and oxygen atoms in total. The average molecular weight is 484 g/mol. The standard InChI is InChI=1S/C28H25N3O3S/c1-33-23-13-9-22(10-14-23)30-18-31-27(32)15-25(26(16-29)28(31)35-19-30)21-7-11-24(12-8-21)34-17-20-5-3-2-4-6-20/h2-14,25H,15,17-19H2,1H3/t25-/m0/s1. The highest BCUT2D eigenvalue weighted by molar-refractivity contribution is 8.03. The summed E-state index contributed by atoms with van der Waals surface area (Å²) in [5.74, 6) is 1.99. The molecule has 0 aliphatic carbocycles. The Kier molecular flexibility index (Phi) is 6.64. The fourth-order valence-corrected chi connectivity index (χ4v) is 5.51. The first kappa shape index (κ1) is 22.9. The number of rotatable bonds is 6. The van der Waals surface area contributed by atoms with E-state index < -0.39 is 0 Å². The molecule has 0 bridgehead atoms. The molecule has 1 saturated heterocycles. The van der Waals surface area contributed by atoms with Gasteiger partial charge in [0.25, 0.3) is 0 Å². The number of nitrogens with zero attached hydrogens (tertiary/aromatic N) is 3. The van der Waals surface area contributed by atoms with Gasteiger partial charge in [-0.3, -0.25) is 9.69 Å². The molecule has 0 radical (unpaired) electrons. The van der Waals surface area contributed by atoms with Gasteiger partial charge in [0, 0.05) is 18.0 Å². The second-order valence-electron chi connectivity index (χ2n) is 8.41. The van der Waals surface area contributed by atoms with Gasteiger partial charge in [0.05, 0.1) is 36.3 Å². The van der Waals surface area contributed by atoms with Gasteiger partial charge in [0.1, 0.15) is 18.1 Å². The fraction of sp³-hybridized carbons (Fsp3) is 0.214. The van der Waals surface area contributed by atoms with E-state index in [1.807, 2.05) is 78.9 Å². The minimum atomic E-state index is -0.248. The number of carbonyl (C=O) groups is 1. The molecule has 7 heteroatoms. The Hall–Kier alpha value is -3.89. The number of amides is 1. The zero-order valence-corrected chi connectivity index (χ0v) is 20.2. The van der Waals surface area contributed by atoms with E-state index in [9.17, 15) is 10.1 Å². The van der Waals surface area contributed by atoms with Gasteiger partial charge in [-0.2, -0.15) is 5.26 Å². The largest absolute Gasteiger partial charge is 0.497 e. The lowest BCUT2D eigenvalue weighted by Crippen LogP contribution is -2.47. The molecule has 0 spiro atoms. The zero-order chi connectivity index (χ0) is 24.2. The summed E-state index contributed by atoms with van der Waals surface area (Å²) in [7, 11) is 1.64. The van der Waals surface area contributed by atoms with Crippen LogP contribution in [-0.4, -0.2) is 30.5 Å². The molecule has 1 fully saturated rings. The number of hydrogen-bond acceptors (Lipinski definition) is 6. The Morgan fingerprint density at radius 1 is 1.00 bits per heavy atom. The molecule has 176 valence electrons. The van der Waals surface area contributed by atoms with E-state index in [2.05, 4.69) is 11.0 Å². The summed E-state index contributed by atoms with van der Waals surface area (Å²) < 4.78 is 11.1. The maximum absolute atomic E-state index is 13.2. The molecule has 2 aliphatic rings. The van der Waals surface area contributed by atoms with Crippen LogP contribution >= 0.6 is 11.8 Å². The first-order valence-corrected chi connectivity index (χ1v) is 12.4. The third-order valence-electron chi connectivity index (χ3n) is 6.26. The minimum absolute atomic E-state index is 0.0270. The molecule has 0 saturated carbocycles. The Balaban J connectivity index is 1.32. The van der Waals surface area contributed by atoms with Crippen molar-refractivity contribution in [3.8, 4) is 17.6 Å². The Morgan fingerprint density at radius 3 is 2.40 bits per heavy atom. The summed E-state index contributed by atoms with van der Waals surface area (Å²) in [5.41, 5.74) is 3.72. The van der Waals surface area contributed by atoms with Crippen molar-refractivity contribution in [2.75, 3.05) is 24.6 Å². The lowest BCUT2D eigenvalue weighted by molar-refractivity contribution is -0.129. The maximum Gasteiger partial charge on any atom is 0.229 e. The predicted octanol–water partition coefficient (Wildman–Crippen LogP) is 5.49. The number of hydrogen-bond donors (Lipinski definition) is 0. The highest BCUT2D eigenvalue weighted by Gasteiger charge is 2.38. The van der Waals surface area contributed by atoms with Gasteiger partial charge >= 0.3 is 0 Å². The van der Waals surface area contributed by atoms with Crippen molar-refractivity contribution < 1.29 is 14.3 Å². The number of nitriles is 1. The van der Waals surface area contributed by atoms with Crippen LogP contribution in [0.25, 0.3) is 0 Å². The molecule has 0 unspecified atom stereocenters. The third-order valence-corrected chi connectivity index (χ3v) is 7.42. The van der Waals surface area contributed by atoms with Gasteiger partial charge in [-0.05, 0) is 47.5 Å². The van der Waals surface area contributed by atoms with E-state index in [0.29, 0.717) is 24.7 Å². The number of ether oxygens (including phenoxy) is 2. The third kappa shape index (κ3) is 4.84. The Bertz CT molecular complexity index is 1270. The van der Waals surface area contributed by atoms with Crippen LogP contribution in [0.1, 0.15) is 23.5 Å². The zero-order valence-electron chi connectivity index (χ0n) is 19.4. The Morgan fingerprint density at radius 2 is 1.71 bits per heavy atom. The highest BCUT2D eigenvalue weighted by atomic mass is 32.2. The van der Waals surface area contributed by atoms with Crippen molar-refractivity contribution in [1.29, 1.82) is 5.26 Å². The highest BCUT2D eigenvalue weighted by Crippen LogP contribution is 2.43. The number of anilines is 1. The van der Waals surface area contributed by atoms with Crippen LogP contribution < -0.4 is 14.4 Å². The van der Waals surface area contributed by atoms with E-state index in [-0.39, 0.29) is 18.2 Å². The summed E-state index contributed by atoms with van der Waals surface area (Å²) in [6, 6.07) is 27.9. The molecule has 1 amide bonds. The SMILES string of the molecule is COc1ccc(N2CSC3=C(C#N)[C@H](c4ccc(OCc5ccccc5)cc4)CC(=O)N3C2)cc1. The van der Waals surface area contributed by atoms with Crippen molar-refractivity contribution in [2.24, 2.45) is 0 Å². The van der Waals surface area contributed by atoms with Gasteiger partial charge in [0.15, 0.2) is 0 Å². The maximum atomic E-state index is 13.2. The second kappa shape index (κ2) is 10.2. The van der Waals surface area contributed by atoms with Crippen molar-refractivity contribution in [3.05, 3.63) is 101 Å². The van der Waals surface area contributed by atoms with Crippen LogP contribution in [0.15, 0.2) is 89.5 Å². The van der Waals surface area contributed by atoms with Crippen molar-refractivity contribution in [2.45, 2.75) is 18.9 Å². The monoisotopic (exact) mass is 483 g/mol. The van der Waals surface area contributed by atoms with Crippen LogP contribution in [0, 0.1) is 11.3 Å². The molecule has 0 aromatic heterocycles. The summed E-state index contributed by atoms with van der Waals surface area (Å²) in [4.78, 5) is 17.0. The number of methoxy groups -OCH3 is 1. The van der Waals surface area contributed by atoms with Gasteiger partial charge in [-0.25, -0.2) is 0 Å². The number of carbonyl (C=O) groups excluding carboxylic acids is 1. The molecular weight excluding hydrogens is 458 g/mol. The van der Waals surface area contributed by atoms with Crippen LogP contribution in [0.5, 0.6) is 11.5 Å². The normalized spacial score (nSPS) is 17.6. The van der Waals surface area contributed by atoms with Crippen molar-refractivity contribution in [3.63, 3.8) is 0 Å². The van der Waals surface area contributed by atoms with Gasteiger partial charge in [-0.15, -0.1) is 0 Å². The minimum Gasteiger partial charge on any atom is -0.497 e. The predicted molar refractivity (Wildman–Crippen MR) is 137 cm³/mol. The summed E-state index contributed by atoms with van der Waals surface area (Å²) in [6.45, 7) is 0.920. The molecule has 3 aromatic rings.